The number of methoxy groups -OCH3 is 1. The number of nitrogens with zero attached hydrogens (tertiary/aromatic N) is 4. The smallest absolute Gasteiger partial charge is 0.253 e. The number of carbonyl (C=O) groups is 1. The number of para-hydroxylation sites is 1. The molecule has 0 N–H and O–H groups in total. The van der Waals surface area contributed by atoms with Gasteiger partial charge in [0.05, 0.1) is 18.4 Å². The number of halogens is 1. The summed E-state index contributed by atoms with van der Waals surface area (Å²) in [7, 11) is 1.66. The van der Waals surface area contributed by atoms with Gasteiger partial charge in [-0.05, 0) is 35.7 Å². The Bertz CT molecular complexity index is 1270. The van der Waals surface area contributed by atoms with Crippen LogP contribution in [0.4, 0.5) is 0 Å². The maximum Gasteiger partial charge on any atom is 0.253 e. The van der Waals surface area contributed by atoms with Gasteiger partial charge in [-0.15, -0.1) is 5.10 Å². The second-order valence-corrected chi connectivity index (χ2v) is 9.28. The molecule has 31 heavy (non-hydrogen) atoms. The Balaban J connectivity index is 1.41. The lowest BCUT2D eigenvalue weighted by molar-refractivity contribution is 0.0962. The number of aromatic nitrogens is 4. The predicted molar refractivity (Wildman–Crippen MR) is 123 cm³/mol. The van der Waals surface area contributed by atoms with Gasteiger partial charge in [0.15, 0.2) is 5.78 Å². The van der Waals surface area contributed by atoms with Crippen LogP contribution in [-0.2, 0) is 12.2 Å². The van der Waals surface area contributed by atoms with Crippen LogP contribution in [0.5, 0.6) is 5.75 Å². The second-order valence-electron chi connectivity index (χ2n) is 7.43. The van der Waals surface area contributed by atoms with Crippen LogP contribution in [0.15, 0.2) is 64.4 Å². The van der Waals surface area contributed by atoms with Gasteiger partial charge < -0.3 is 4.74 Å². The fourth-order valence-corrected chi connectivity index (χ4v) is 4.92. The minimum atomic E-state index is 0.0419. The number of ether oxygens (including phenoxy) is 1. The average Bonchev–Trinajstić information content (AvgIpc) is 3.19. The lowest BCUT2D eigenvalue weighted by Crippen LogP contribution is -2.21. The van der Waals surface area contributed by atoms with E-state index in [1.54, 1.807) is 29.6 Å². The van der Waals surface area contributed by atoms with Crippen LogP contribution < -0.4 is 4.74 Å². The summed E-state index contributed by atoms with van der Waals surface area (Å²) < 4.78 is 8.17. The summed E-state index contributed by atoms with van der Waals surface area (Å²) in [6.07, 6.45) is 2.88. The zero-order valence-corrected chi connectivity index (χ0v) is 19.2. The van der Waals surface area contributed by atoms with Gasteiger partial charge in [-0.25, -0.2) is 9.50 Å². The summed E-state index contributed by atoms with van der Waals surface area (Å²) in [5.74, 6) is 2.20. The summed E-state index contributed by atoms with van der Waals surface area (Å²) in [6, 6.07) is 16.0. The topological polar surface area (TPSA) is 69.4 Å². The number of hydrogen-bond donors (Lipinski definition) is 0. The van der Waals surface area contributed by atoms with Crippen molar-refractivity contribution < 1.29 is 9.53 Å². The number of benzene rings is 2. The van der Waals surface area contributed by atoms with Crippen molar-refractivity contribution in [1.82, 2.24) is 19.6 Å². The Labute approximate surface area is 192 Å². The molecule has 2 heterocycles. The van der Waals surface area contributed by atoms with E-state index < -0.39 is 0 Å². The highest BCUT2D eigenvalue weighted by Crippen LogP contribution is 2.36. The molecule has 1 aliphatic rings. The highest BCUT2D eigenvalue weighted by molar-refractivity contribution is 9.10. The molecule has 2 aromatic carbocycles. The van der Waals surface area contributed by atoms with E-state index >= 15 is 0 Å². The third kappa shape index (κ3) is 4.09. The first-order chi connectivity index (χ1) is 15.1. The van der Waals surface area contributed by atoms with Crippen molar-refractivity contribution in [2.24, 2.45) is 0 Å². The fourth-order valence-electron chi connectivity index (χ4n) is 3.88. The maximum absolute atomic E-state index is 12.9. The molecular weight excluding hydrogens is 476 g/mol. The largest absolute Gasteiger partial charge is 0.496 e. The summed E-state index contributed by atoms with van der Waals surface area (Å²) in [6.45, 7) is 0. The van der Waals surface area contributed by atoms with E-state index in [9.17, 15) is 4.79 Å². The Morgan fingerprint density at radius 3 is 2.74 bits per heavy atom. The highest BCUT2D eigenvalue weighted by Gasteiger charge is 2.30. The van der Waals surface area contributed by atoms with Gasteiger partial charge in [0, 0.05) is 28.8 Å². The first-order valence-electron chi connectivity index (χ1n) is 9.90. The predicted octanol–water partition coefficient (Wildman–Crippen LogP) is 5.10. The molecule has 5 rings (SSSR count). The van der Waals surface area contributed by atoms with Crippen molar-refractivity contribution in [1.29, 1.82) is 0 Å². The van der Waals surface area contributed by atoms with Crippen molar-refractivity contribution in [3.05, 3.63) is 81.6 Å². The van der Waals surface area contributed by atoms with Crippen LogP contribution in [0.1, 0.15) is 39.5 Å². The van der Waals surface area contributed by atoms with Crippen molar-refractivity contribution in [3.8, 4) is 5.75 Å². The molecule has 0 aliphatic heterocycles. The van der Waals surface area contributed by atoms with Crippen LogP contribution in [0.2, 0.25) is 0 Å². The number of rotatable bonds is 5. The first-order valence-corrected chi connectivity index (χ1v) is 11.7. The second kappa shape index (κ2) is 8.43. The number of Topliss-reactive ketones (excluding diaryl/α,β-unsaturated/α-hetero) is 1. The number of thioether (sulfide) groups is 1. The lowest BCUT2D eigenvalue weighted by Gasteiger charge is -2.24. The molecule has 0 unspecified atom stereocenters. The van der Waals surface area contributed by atoms with Gasteiger partial charge in [0.25, 0.3) is 5.78 Å². The third-order valence-electron chi connectivity index (χ3n) is 5.42. The van der Waals surface area contributed by atoms with Gasteiger partial charge in [0.2, 0.25) is 5.16 Å². The standard InChI is InChI=1S/C23H19BrN4O2S/c1-30-21-5-3-2-4-17(21)15-10-19-18(20(29)11-15)12-28-22(25-19)26-23(27-28)31-13-14-6-8-16(24)9-7-14/h2-9,12,15H,10-11,13H2,1H3/t15-/m1/s1. The van der Waals surface area contributed by atoms with Crippen molar-refractivity contribution in [2.75, 3.05) is 7.11 Å². The zero-order chi connectivity index (χ0) is 21.4. The molecule has 1 aliphatic carbocycles. The minimum absolute atomic E-state index is 0.0419. The minimum Gasteiger partial charge on any atom is -0.496 e. The van der Waals surface area contributed by atoms with Crippen LogP contribution >= 0.6 is 27.7 Å². The number of ketones is 1. The van der Waals surface area contributed by atoms with Gasteiger partial charge in [0.1, 0.15) is 5.75 Å². The molecule has 0 saturated carbocycles. The fraction of sp³-hybridized carbons (Fsp3) is 0.217. The monoisotopic (exact) mass is 494 g/mol. The summed E-state index contributed by atoms with van der Waals surface area (Å²) in [5, 5.41) is 5.16. The van der Waals surface area contributed by atoms with E-state index in [0.717, 1.165) is 27.2 Å². The molecule has 0 amide bonds. The average molecular weight is 495 g/mol. The Morgan fingerprint density at radius 2 is 1.94 bits per heavy atom. The summed E-state index contributed by atoms with van der Waals surface area (Å²) >= 11 is 5.00. The van der Waals surface area contributed by atoms with Crippen LogP contribution in [0.25, 0.3) is 5.78 Å². The van der Waals surface area contributed by atoms with E-state index in [4.69, 9.17) is 9.72 Å². The van der Waals surface area contributed by atoms with Gasteiger partial charge in [-0.1, -0.05) is 58.0 Å². The molecule has 8 heteroatoms. The van der Waals surface area contributed by atoms with Crippen molar-refractivity contribution in [3.63, 3.8) is 0 Å². The maximum atomic E-state index is 12.9. The van der Waals surface area contributed by atoms with Gasteiger partial charge >= 0.3 is 0 Å². The van der Waals surface area contributed by atoms with Crippen LogP contribution in [-0.4, -0.2) is 32.5 Å². The SMILES string of the molecule is COc1ccccc1[C@H]1CC(=O)c2cn3nc(SCc4ccc(Br)cc4)nc3nc2C1. The van der Waals surface area contributed by atoms with Crippen LogP contribution in [0.3, 0.4) is 0 Å². The lowest BCUT2D eigenvalue weighted by atomic mass is 9.82. The molecular formula is C23H19BrN4O2S. The highest BCUT2D eigenvalue weighted by atomic mass is 79.9. The van der Waals surface area contributed by atoms with E-state index in [-0.39, 0.29) is 11.7 Å². The number of hydrogen-bond acceptors (Lipinski definition) is 6. The Kier molecular flexibility index (Phi) is 5.50. The molecule has 0 radical (unpaired) electrons. The Hall–Kier alpha value is -2.71. The molecule has 0 bridgehead atoms. The van der Waals surface area contributed by atoms with E-state index in [2.05, 4.69) is 38.1 Å². The summed E-state index contributed by atoms with van der Waals surface area (Å²) in [5.41, 5.74) is 3.64. The third-order valence-corrected chi connectivity index (χ3v) is 6.86. The molecule has 1 atom stereocenters. The molecule has 2 aromatic heterocycles. The van der Waals surface area contributed by atoms with Gasteiger partial charge in [-0.3, -0.25) is 4.79 Å². The quantitative estimate of drug-likeness (QED) is 0.359. The first kappa shape index (κ1) is 20.2. The van der Waals surface area contributed by atoms with Crippen molar-refractivity contribution >= 4 is 39.3 Å². The molecule has 156 valence electrons. The number of fused-ring (bicyclic) bond motifs is 2. The normalized spacial score (nSPS) is 15.8. The van der Waals surface area contributed by atoms with E-state index in [1.165, 1.54) is 5.56 Å². The Morgan fingerprint density at radius 1 is 1.13 bits per heavy atom. The van der Waals surface area contributed by atoms with Crippen LogP contribution in [0, 0.1) is 0 Å². The molecule has 4 aromatic rings. The van der Waals surface area contributed by atoms with E-state index in [1.807, 2.05) is 36.4 Å². The summed E-state index contributed by atoms with van der Waals surface area (Å²) in [4.78, 5) is 22.2. The van der Waals surface area contributed by atoms with Crippen molar-refractivity contribution in [2.45, 2.75) is 29.7 Å². The number of carbonyl (C=O) groups excluding carboxylic acids is 1. The van der Waals surface area contributed by atoms with E-state index in [0.29, 0.717) is 29.3 Å². The van der Waals surface area contributed by atoms with Gasteiger partial charge in [-0.2, -0.15) is 4.98 Å². The molecule has 0 saturated heterocycles. The zero-order valence-electron chi connectivity index (χ0n) is 16.8. The molecule has 0 spiro atoms. The molecule has 6 nitrogen and oxygen atoms in total. The molecule has 0 fully saturated rings.